The van der Waals surface area contributed by atoms with Crippen molar-refractivity contribution in [1.29, 1.82) is 0 Å². The Bertz CT molecular complexity index is 395. The Morgan fingerprint density at radius 1 is 1.25 bits per heavy atom. The van der Waals surface area contributed by atoms with Gasteiger partial charge in [-0.1, -0.05) is 12.2 Å². The van der Waals surface area contributed by atoms with Crippen LogP contribution in [0.15, 0.2) is 36.4 Å². The second-order valence-corrected chi connectivity index (χ2v) is 4.01. The number of carboxylic acid groups (broad SMARTS) is 1. The van der Waals surface area contributed by atoms with E-state index in [-0.39, 0.29) is 0 Å². The molecule has 0 heterocycles. The molecule has 1 aliphatic rings. The molecule has 1 aromatic rings. The molecule has 16 heavy (non-hydrogen) atoms. The van der Waals surface area contributed by atoms with Gasteiger partial charge in [-0.05, 0) is 43.5 Å². The average molecular weight is 217 g/mol. The molecule has 0 amide bonds. The van der Waals surface area contributed by atoms with E-state index in [1.54, 1.807) is 12.1 Å². The number of hydrogen-bond acceptors (Lipinski definition) is 2. The van der Waals surface area contributed by atoms with Crippen LogP contribution in [0.5, 0.6) is 0 Å². The summed E-state index contributed by atoms with van der Waals surface area (Å²) in [6.45, 7) is 0. The summed E-state index contributed by atoms with van der Waals surface area (Å²) in [6, 6.07) is 7.37. The predicted octanol–water partition coefficient (Wildman–Crippen LogP) is 2.91. The molecule has 0 aliphatic heterocycles. The summed E-state index contributed by atoms with van der Waals surface area (Å²) in [4.78, 5) is 10.7. The third-order valence-corrected chi connectivity index (χ3v) is 2.77. The van der Waals surface area contributed by atoms with Crippen molar-refractivity contribution in [3.63, 3.8) is 0 Å². The van der Waals surface area contributed by atoms with Crippen molar-refractivity contribution in [2.45, 2.75) is 25.3 Å². The molecule has 0 saturated heterocycles. The van der Waals surface area contributed by atoms with E-state index in [4.69, 9.17) is 5.11 Å². The quantitative estimate of drug-likeness (QED) is 0.765. The van der Waals surface area contributed by atoms with E-state index >= 15 is 0 Å². The molecule has 1 unspecified atom stereocenters. The summed E-state index contributed by atoms with van der Waals surface area (Å²) >= 11 is 0. The van der Waals surface area contributed by atoms with Gasteiger partial charge in [0.2, 0.25) is 0 Å². The fourth-order valence-electron chi connectivity index (χ4n) is 1.87. The van der Waals surface area contributed by atoms with Crippen LogP contribution in [-0.4, -0.2) is 17.1 Å². The maximum absolute atomic E-state index is 10.7. The third-order valence-electron chi connectivity index (χ3n) is 2.77. The maximum Gasteiger partial charge on any atom is 0.335 e. The SMILES string of the molecule is O=C(O)c1ccc(NC2CC=CCC2)cc1. The number of carboxylic acids is 1. The molecular formula is C13H15NO2. The Hall–Kier alpha value is -1.77. The monoisotopic (exact) mass is 217 g/mol. The van der Waals surface area contributed by atoms with Crippen molar-refractivity contribution >= 4 is 11.7 Å². The average Bonchev–Trinajstić information content (AvgIpc) is 2.31. The van der Waals surface area contributed by atoms with Crippen LogP contribution in [0.2, 0.25) is 0 Å². The van der Waals surface area contributed by atoms with Gasteiger partial charge in [0.25, 0.3) is 0 Å². The molecule has 1 aliphatic carbocycles. The minimum Gasteiger partial charge on any atom is -0.478 e. The second-order valence-electron chi connectivity index (χ2n) is 4.01. The van der Waals surface area contributed by atoms with Crippen LogP contribution < -0.4 is 5.32 Å². The van der Waals surface area contributed by atoms with Crippen LogP contribution in [-0.2, 0) is 0 Å². The molecule has 0 fully saturated rings. The normalized spacial score (nSPS) is 19.4. The molecule has 0 radical (unpaired) electrons. The number of rotatable bonds is 3. The van der Waals surface area contributed by atoms with E-state index in [1.807, 2.05) is 12.1 Å². The maximum atomic E-state index is 10.7. The fourth-order valence-corrected chi connectivity index (χ4v) is 1.87. The molecule has 1 atom stereocenters. The summed E-state index contributed by atoms with van der Waals surface area (Å²) in [7, 11) is 0. The Balaban J connectivity index is 1.99. The van der Waals surface area contributed by atoms with E-state index in [1.165, 1.54) is 0 Å². The van der Waals surface area contributed by atoms with E-state index in [2.05, 4.69) is 17.5 Å². The molecule has 3 nitrogen and oxygen atoms in total. The van der Waals surface area contributed by atoms with Gasteiger partial charge in [0.05, 0.1) is 5.56 Å². The Labute approximate surface area is 94.8 Å². The minimum atomic E-state index is -0.882. The van der Waals surface area contributed by atoms with Gasteiger partial charge in [0.1, 0.15) is 0 Å². The number of aromatic carboxylic acids is 1. The summed E-state index contributed by atoms with van der Waals surface area (Å²) in [6.07, 6.45) is 7.68. The van der Waals surface area contributed by atoms with Crippen molar-refractivity contribution in [1.82, 2.24) is 0 Å². The molecule has 84 valence electrons. The smallest absolute Gasteiger partial charge is 0.335 e. The lowest BCUT2D eigenvalue weighted by Gasteiger charge is -2.20. The molecule has 2 rings (SSSR count). The first-order chi connectivity index (χ1) is 7.75. The van der Waals surface area contributed by atoms with E-state index in [9.17, 15) is 4.79 Å². The molecule has 0 spiro atoms. The van der Waals surface area contributed by atoms with Crippen LogP contribution in [0.4, 0.5) is 5.69 Å². The third kappa shape index (κ3) is 2.63. The zero-order valence-electron chi connectivity index (χ0n) is 9.02. The van der Waals surface area contributed by atoms with Gasteiger partial charge in [0.15, 0.2) is 0 Å². The Morgan fingerprint density at radius 2 is 2.00 bits per heavy atom. The first-order valence-electron chi connectivity index (χ1n) is 5.50. The van der Waals surface area contributed by atoms with Crippen molar-refractivity contribution < 1.29 is 9.90 Å². The Kier molecular flexibility index (Phi) is 3.25. The fraction of sp³-hybridized carbons (Fsp3) is 0.308. The van der Waals surface area contributed by atoms with Gasteiger partial charge >= 0.3 is 5.97 Å². The Morgan fingerprint density at radius 3 is 2.56 bits per heavy atom. The lowest BCUT2D eigenvalue weighted by Crippen LogP contribution is -2.20. The zero-order chi connectivity index (χ0) is 11.4. The minimum absolute atomic E-state index is 0.328. The highest BCUT2D eigenvalue weighted by Crippen LogP contribution is 2.17. The highest BCUT2D eigenvalue weighted by atomic mass is 16.4. The summed E-state index contributed by atoms with van der Waals surface area (Å²) in [5, 5.41) is 12.2. The number of nitrogens with one attached hydrogen (secondary N) is 1. The van der Waals surface area contributed by atoms with Crippen LogP contribution in [0, 0.1) is 0 Å². The van der Waals surface area contributed by atoms with E-state index in [0.717, 1.165) is 24.9 Å². The summed E-state index contributed by atoms with van der Waals surface area (Å²) in [5.41, 5.74) is 1.32. The van der Waals surface area contributed by atoms with Crippen LogP contribution >= 0.6 is 0 Å². The van der Waals surface area contributed by atoms with Crippen LogP contribution in [0.25, 0.3) is 0 Å². The topological polar surface area (TPSA) is 49.3 Å². The van der Waals surface area contributed by atoms with Crippen molar-refractivity contribution in [2.75, 3.05) is 5.32 Å². The molecule has 2 N–H and O–H groups in total. The molecule has 0 saturated carbocycles. The van der Waals surface area contributed by atoms with Crippen LogP contribution in [0.1, 0.15) is 29.6 Å². The van der Waals surface area contributed by atoms with Gasteiger partial charge in [-0.3, -0.25) is 0 Å². The summed E-state index contributed by atoms with van der Waals surface area (Å²) < 4.78 is 0. The van der Waals surface area contributed by atoms with Gasteiger partial charge in [-0.15, -0.1) is 0 Å². The lowest BCUT2D eigenvalue weighted by atomic mass is 10.0. The number of anilines is 1. The predicted molar refractivity (Wildman–Crippen MR) is 63.8 cm³/mol. The standard InChI is InChI=1S/C13H15NO2/c15-13(16)10-6-8-12(9-7-10)14-11-4-2-1-3-5-11/h1-2,6-9,11,14H,3-5H2,(H,15,16). The van der Waals surface area contributed by atoms with Gasteiger partial charge in [0, 0.05) is 11.7 Å². The molecular weight excluding hydrogens is 202 g/mol. The van der Waals surface area contributed by atoms with Gasteiger partial charge < -0.3 is 10.4 Å². The highest BCUT2D eigenvalue weighted by Gasteiger charge is 2.09. The number of hydrogen-bond donors (Lipinski definition) is 2. The first-order valence-corrected chi connectivity index (χ1v) is 5.50. The van der Waals surface area contributed by atoms with Crippen molar-refractivity contribution in [3.8, 4) is 0 Å². The van der Waals surface area contributed by atoms with Crippen molar-refractivity contribution in [2.24, 2.45) is 0 Å². The molecule has 3 heteroatoms. The van der Waals surface area contributed by atoms with Gasteiger partial charge in [-0.2, -0.15) is 0 Å². The molecule has 0 bridgehead atoms. The zero-order valence-corrected chi connectivity index (χ0v) is 9.02. The van der Waals surface area contributed by atoms with Crippen LogP contribution in [0.3, 0.4) is 0 Å². The number of benzene rings is 1. The van der Waals surface area contributed by atoms with Crippen molar-refractivity contribution in [3.05, 3.63) is 42.0 Å². The molecule has 0 aromatic heterocycles. The number of carbonyl (C=O) groups is 1. The highest BCUT2D eigenvalue weighted by molar-refractivity contribution is 5.87. The lowest BCUT2D eigenvalue weighted by molar-refractivity contribution is 0.0697. The number of allylic oxidation sites excluding steroid dienone is 1. The van der Waals surface area contributed by atoms with E-state index < -0.39 is 5.97 Å². The molecule has 1 aromatic carbocycles. The largest absolute Gasteiger partial charge is 0.478 e. The first kappa shape index (κ1) is 10.7. The van der Waals surface area contributed by atoms with E-state index in [0.29, 0.717) is 11.6 Å². The summed E-state index contributed by atoms with van der Waals surface area (Å²) in [5.74, 6) is -0.882. The van der Waals surface area contributed by atoms with Gasteiger partial charge in [-0.25, -0.2) is 4.79 Å². The second kappa shape index (κ2) is 4.84.